The van der Waals surface area contributed by atoms with Crippen LogP contribution in [0, 0.1) is 0 Å². The molecule has 11 heteroatoms. The van der Waals surface area contributed by atoms with E-state index in [1.807, 2.05) is 16.8 Å². The highest BCUT2D eigenvalue weighted by molar-refractivity contribution is 5.82. The zero-order chi connectivity index (χ0) is 25.1. The van der Waals surface area contributed by atoms with Crippen LogP contribution in [0.4, 0.5) is 20.5 Å². The first-order valence-electron chi connectivity index (χ1n) is 12.5. The number of morpholine rings is 1. The van der Waals surface area contributed by atoms with Gasteiger partial charge in [0.05, 0.1) is 37.6 Å². The van der Waals surface area contributed by atoms with E-state index >= 15 is 0 Å². The van der Waals surface area contributed by atoms with Crippen molar-refractivity contribution in [3.63, 3.8) is 0 Å². The lowest BCUT2D eigenvalue weighted by atomic mass is 9.85. The summed E-state index contributed by atoms with van der Waals surface area (Å²) in [7, 11) is 0. The summed E-state index contributed by atoms with van der Waals surface area (Å²) in [6, 6.07) is 5.85. The maximum atomic E-state index is 12.4. The molecule has 5 rings (SSSR count). The van der Waals surface area contributed by atoms with Gasteiger partial charge in [-0.15, -0.1) is 5.10 Å². The molecule has 0 radical (unpaired) electrons. The van der Waals surface area contributed by atoms with Gasteiger partial charge in [-0.2, -0.15) is 8.78 Å². The zero-order valence-corrected chi connectivity index (χ0v) is 20.3. The Kier molecular flexibility index (Phi) is 7.59. The van der Waals surface area contributed by atoms with Gasteiger partial charge in [-0.1, -0.05) is 0 Å². The Morgan fingerprint density at radius 1 is 1.17 bits per heavy atom. The second-order valence-corrected chi connectivity index (χ2v) is 9.51. The lowest BCUT2D eigenvalue weighted by Crippen LogP contribution is -2.36. The van der Waals surface area contributed by atoms with Crippen LogP contribution >= 0.6 is 0 Å². The highest BCUT2D eigenvalue weighted by Crippen LogP contribution is 2.38. The van der Waals surface area contributed by atoms with Crippen LogP contribution in [0.1, 0.15) is 44.2 Å². The van der Waals surface area contributed by atoms with E-state index in [4.69, 9.17) is 9.84 Å². The van der Waals surface area contributed by atoms with E-state index in [1.165, 1.54) is 0 Å². The second kappa shape index (κ2) is 11.0. The van der Waals surface area contributed by atoms with Gasteiger partial charge in [-0.05, 0) is 56.4 Å². The third-order valence-electron chi connectivity index (χ3n) is 6.90. The molecule has 36 heavy (non-hydrogen) atoms. The average Bonchev–Trinajstić information content (AvgIpc) is 3.27. The number of hydrogen-bond acceptors (Lipinski definition) is 8. The number of aliphatic hydroxyl groups excluding tert-OH is 1. The number of ether oxygens (including phenoxy) is 2. The van der Waals surface area contributed by atoms with Crippen LogP contribution in [0.25, 0.3) is 16.6 Å². The third kappa shape index (κ3) is 5.58. The van der Waals surface area contributed by atoms with Crippen molar-refractivity contribution in [2.24, 2.45) is 0 Å². The number of halogens is 2. The highest BCUT2D eigenvalue weighted by atomic mass is 19.3. The Hall–Kier alpha value is -2.89. The number of aliphatic hydroxyl groups is 1. The molecule has 3 aromatic rings. The Morgan fingerprint density at radius 3 is 2.69 bits per heavy atom. The van der Waals surface area contributed by atoms with Crippen molar-refractivity contribution in [1.29, 1.82) is 0 Å². The fraction of sp³-hybridized carbons (Fsp3) is 0.560. The Balaban J connectivity index is 1.49. The van der Waals surface area contributed by atoms with Crippen molar-refractivity contribution in [2.75, 3.05) is 43.1 Å². The van der Waals surface area contributed by atoms with Crippen molar-refractivity contribution < 1.29 is 23.4 Å². The fourth-order valence-electron chi connectivity index (χ4n) is 5.00. The van der Waals surface area contributed by atoms with Crippen LogP contribution < -0.4 is 10.2 Å². The van der Waals surface area contributed by atoms with Crippen LogP contribution in [-0.4, -0.2) is 76.4 Å². The van der Waals surface area contributed by atoms with Crippen molar-refractivity contribution in [1.82, 2.24) is 19.6 Å². The van der Waals surface area contributed by atoms with Crippen LogP contribution in [0.15, 0.2) is 30.6 Å². The second-order valence-electron chi connectivity index (χ2n) is 9.51. The molecule has 1 saturated carbocycles. The van der Waals surface area contributed by atoms with Gasteiger partial charge in [0.25, 0.3) is 0 Å². The maximum absolute atomic E-state index is 12.4. The number of fused-ring (bicyclic) bond motifs is 1. The summed E-state index contributed by atoms with van der Waals surface area (Å²) in [6.45, 7) is 1.73. The van der Waals surface area contributed by atoms with Gasteiger partial charge >= 0.3 is 6.61 Å². The van der Waals surface area contributed by atoms with E-state index in [2.05, 4.69) is 37.1 Å². The van der Waals surface area contributed by atoms with E-state index in [0.29, 0.717) is 19.2 Å². The van der Waals surface area contributed by atoms with Crippen molar-refractivity contribution >= 4 is 17.3 Å². The van der Waals surface area contributed by atoms with Crippen molar-refractivity contribution in [2.45, 2.75) is 57.3 Å². The minimum absolute atomic E-state index is 0.162. The number of nitrogens with zero attached hydrogens (tertiary/aromatic N) is 5. The predicted octanol–water partition coefficient (Wildman–Crippen LogP) is 3.69. The van der Waals surface area contributed by atoms with Gasteiger partial charge < -0.3 is 24.8 Å². The smallest absolute Gasteiger partial charge is 0.345 e. The van der Waals surface area contributed by atoms with E-state index in [9.17, 15) is 13.9 Å². The van der Waals surface area contributed by atoms with Crippen LogP contribution in [-0.2, 0) is 9.47 Å². The number of anilines is 2. The summed E-state index contributed by atoms with van der Waals surface area (Å²) >= 11 is 0. The van der Waals surface area contributed by atoms with Gasteiger partial charge in [-0.3, -0.25) is 0 Å². The fourth-order valence-corrected chi connectivity index (χ4v) is 5.00. The van der Waals surface area contributed by atoms with Crippen LogP contribution in [0.3, 0.4) is 0 Å². The lowest BCUT2D eigenvalue weighted by molar-refractivity contribution is -0.130. The third-order valence-corrected chi connectivity index (χ3v) is 6.90. The molecule has 0 unspecified atom stereocenters. The molecule has 9 nitrogen and oxygen atoms in total. The molecule has 3 aromatic heterocycles. The van der Waals surface area contributed by atoms with Gasteiger partial charge in [-0.25, -0.2) is 14.5 Å². The summed E-state index contributed by atoms with van der Waals surface area (Å²) in [4.78, 5) is 11.3. The molecule has 1 saturated heterocycles. The molecule has 2 aliphatic rings. The van der Waals surface area contributed by atoms with Crippen LogP contribution in [0.5, 0.6) is 0 Å². The molecular formula is C25H32F2N6O3. The summed E-state index contributed by atoms with van der Waals surface area (Å²) < 4.78 is 36.6. The minimum Gasteiger partial charge on any atom is -0.393 e. The molecule has 0 amide bonds. The standard InChI is InChI=1S/C25H32F2N6O3/c1-16(15-36-24(26)27)30-25-29-14-22-20(13-21(33(22)31-25)17-2-4-19(34)5-3-17)18-6-7-28-23(12-18)32-8-10-35-11-9-32/h6-7,12-14,16-17,19,24,34H,2-5,8-11,15H2,1H3,(H,30,31)/t16-,17-,19-/m0/s1. The molecule has 1 atom stereocenters. The van der Waals surface area contributed by atoms with Crippen molar-refractivity contribution in [3.05, 3.63) is 36.3 Å². The average molecular weight is 503 g/mol. The van der Waals surface area contributed by atoms with Gasteiger partial charge in [0.1, 0.15) is 5.82 Å². The Morgan fingerprint density at radius 2 is 1.94 bits per heavy atom. The summed E-state index contributed by atoms with van der Waals surface area (Å²) in [5, 5.41) is 17.8. The minimum atomic E-state index is -2.82. The number of nitrogens with one attached hydrogen (secondary N) is 1. The number of rotatable bonds is 8. The van der Waals surface area contributed by atoms with E-state index in [0.717, 1.165) is 66.9 Å². The molecule has 0 bridgehead atoms. The predicted molar refractivity (Wildman–Crippen MR) is 132 cm³/mol. The van der Waals surface area contributed by atoms with Crippen LogP contribution in [0.2, 0.25) is 0 Å². The summed E-state index contributed by atoms with van der Waals surface area (Å²) in [5.74, 6) is 1.50. The molecule has 1 aliphatic heterocycles. The van der Waals surface area contributed by atoms with Crippen molar-refractivity contribution in [3.8, 4) is 11.1 Å². The number of pyridine rings is 1. The highest BCUT2D eigenvalue weighted by Gasteiger charge is 2.26. The molecule has 2 N–H and O–H groups in total. The van der Waals surface area contributed by atoms with E-state index < -0.39 is 12.7 Å². The van der Waals surface area contributed by atoms with E-state index in [1.54, 1.807) is 13.1 Å². The number of hydrogen-bond donors (Lipinski definition) is 2. The molecule has 2 fully saturated rings. The Labute approximate surface area is 208 Å². The topological polar surface area (TPSA) is 97.0 Å². The molecule has 0 spiro atoms. The monoisotopic (exact) mass is 502 g/mol. The molecule has 4 heterocycles. The largest absolute Gasteiger partial charge is 0.393 e. The molecule has 1 aliphatic carbocycles. The first kappa shape index (κ1) is 24.8. The number of alkyl halides is 2. The quantitative estimate of drug-likeness (QED) is 0.482. The molecular weight excluding hydrogens is 470 g/mol. The molecule has 0 aromatic carbocycles. The lowest BCUT2D eigenvalue weighted by Gasteiger charge is -2.28. The van der Waals surface area contributed by atoms with Gasteiger partial charge in [0.15, 0.2) is 0 Å². The van der Waals surface area contributed by atoms with E-state index in [-0.39, 0.29) is 18.6 Å². The normalized spacial score (nSPS) is 21.8. The number of aromatic nitrogens is 4. The SMILES string of the molecule is C[C@@H](COC(F)F)Nc1ncc2c(-c3ccnc(N4CCOCC4)c3)cc([C@H]3CC[C@H](O)CC3)n2n1. The summed E-state index contributed by atoms with van der Waals surface area (Å²) in [6.07, 6.45) is 6.57. The first-order chi connectivity index (χ1) is 17.5. The summed E-state index contributed by atoms with van der Waals surface area (Å²) in [5.41, 5.74) is 3.94. The van der Waals surface area contributed by atoms with Gasteiger partial charge in [0, 0.05) is 42.5 Å². The molecule has 194 valence electrons. The first-order valence-corrected chi connectivity index (χ1v) is 12.5. The Bertz CT molecular complexity index is 1160. The van der Waals surface area contributed by atoms with Gasteiger partial charge in [0.2, 0.25) is 5.95 Å². The zero-order valence-electron chi connectivity index (χ0n) is 20.3. The maximum Gasteiger partial charge on any atom is 0.345 e.